The van der Waals surface area contributed by atoms with Crippen LogP contribution in [0.3, 0.4) is 0 Å². The van der Waals surface area contributed by atoms with Gasteiger partial charge in [0.15, 0.2) is 5.69 Å². The number of H-pyrrole nitrogens is 1. The van der Waals surface area contributed by atoms with Crippen molar-refractivity contribution in [1.29, 1.82) is 0 Å². The molecule has 0 spiro atoms. The quantitative estimate of drug-likeness (QED) is 0.472. The second kappa shape index (κ2) is 7.27. The number of hydrogen-bond acceptors (Lipinski definition) is 8. The molecule has 9 heteroatoms. The minimum absolute atomic E-state index is 0.0397. The molecule has 2 N–H and O–H groups in total. The number of methoxy groups -OCH3 is 3. The molecule has 0 atom stereocenters. The maximum Gasteiger partial charge on any atom is 0.359 e. The molecule has 2 aromatic rings. The van der Waals surface area contributed by atoms with Crippen molar-refractivity contribution in [2.75, 3.05) is 26.6 Å². The predicted octanol–water partition coefficient (Wildman–Crippen LogP) is 0.991. The number of fused-ring (bicyclic) bond motifs is 1. The molecule has 9 nitrogen and oxygen atoms in total. The molecule has 126 valence electrons. The number of nitrogens with one attached hydrogen (secondary N) is 2. The summed E-state index contributed by atoms with van der Waals surface area (Å²) >= 11 is 0. The lowest BCUT2D eigenvalue weighted by Gasteiger charge is -2.10. The molecule has 0 aliphatic carbocycles. The van der Waals surface area contributed by atoms with Gasteiger partial charge in [-0.3, -0.25) is 5.10 Å². The first-order valence-electron chi connectivity index (χ1n) is 6.72. The number of nitrogens with zero attached hydrogens (tertiary/aromatic N) is 1. The number of carbonyl (C=O) groups is 3. The van der Waals surface area contributed by atoms with Crippen LogP contribution in [0.1, 0.15) is 10.5 Å². The lowest BCUT2D eigenvalue weighted by Crippen LogP contribution is -2.16. The Kier molecular flexibility index (Phi) is 5.15. The summed E-state index contributed by atoms with van der Waals surface area (Å²) in [6.07, 6.45) is 0.947. The van der Waals surface area contributed by atoms with Crippen LogP contribution in [0.25, 0.3) is 10.9 Å². The molecular formula is C15H15N3O6. The van der Waals surface area contributed by atoms with Crippen molar-refractivity contribution in [3.63, 3.8) is 0 Å². The molecule has 0 unspecified atom stereocenters. The van der Waals surface area contributed by atoms with Crippen LogP contribution in [0.2, 0.25) is 0 Å². The molecule has 0 fully saturated rings. The van der Waals surface area contributed by atoms with E-state index in [0.717, 1.165) is 6.08 Å². The van der Waals surface area contributed by atoms with Gasteiger partial charge in [0.1, 0.15) is 5.70 Å². The number of ether oxygens (including phenoxy) is 3. The summed E-state index contributed by atoms with van der Waals surface area (Å²) in [4.78, 5) is 35.1. The zero-order valence-corrected chi connectivity index (χ0v) is 13.2. The van der Waals surface area contributed by atoms with Crippen molar-refractivity contribution in [3.8, 4) is 0 Å². The van der Waals surface area contributed by atoms with Gasteiger partial charge in [-0.1, -0.05) is 6.07 Å². The average molecular weight is 333 g/mol. The first kappa shape index (κ1) is 17.0. The molecule has 0 saturated carbocycles. The Morgan fingerprint density at radius 1 is 1.12 bits per heavy atom. The molecule has 1 heterocycles. The van der Waals surface area contributed by atoms with Gasteiger partial charge in [0, 0.05) is 0 Å². The minimum Gasteiger partial charge on any atom is -0.466 e. The third-order valence-electron chi connectivity index (χ3n) is 3.11. The van der Waals surface area contributed by atoms with E-state index >= 15 is 0 Å². The molecule has 0 bridgehead atoms. The SMILES string of the molecule is COC(=O)/C=C(/Nc1cccc2[nH]nc(C(=O)OC)c12)C(=O)OC. The van der Waals surface area contributed by atoms with Gasteiger partial charge in [-0.05, 0) is 12.1 Å². The molecule has 0 amide bonds. The lowest BCUT2D eigenvalue weighted by atomic mass is 10.1. The van der Waals surface area contributed by atoms with Crippen molar-refractivity contribution >= 4 is 34.5 Å². The Balaban J connectivity index is 2.52. The number of rotatable bonds is 5. The van der Waals surface area contributed by atoms with Gasteiger partial charge in [-0.25, -0.2) is 14.4 Å². The van der Waals surface area contributed by atoms with Crippen LogP contribution in [0.4, 0.5) is 5.69 Å². The van der Waals surface area contributed by atoms with Gasteiger partial charge in [0.2, 0.25) is 0 Å². The Hall–Kier alpha value is -3.36. The maximum absolute atomic E-state index is 11.8. The van der Waals surface area contributed by atoms with Gasteiger partial charge >= 0.3 is 17.9 Å². The summed E-state index contributed by atoms with van der Waals surface area (Å²) in [5.74, 6) is -2.16. The van der Waals surface area contributed by atoms with E-state index in [2.05, 4.69) is 29.7 Å². The van der Waals surface area contributed by atoms with Crippen LogP contribution in [0.15, 0.2) is 30.0 Å². The minimum atomic E-state index is -0.777. The number of carbonyl (C=O) groups excluding carboxylic acids is 3. The van der Waals surface area contributed by atoms with Crippen molar-refractivity contribution in [2.45, 2.75) is 0 Å². The number of hydrogen-bond donors (Lipinski definition) is 2. The van der Waals surface area contributed by atoms with Gasteiger partial charge in [-0.2, -0.15) is 5.10 Å². The fourth-order valence-electron chi connectivity index (χ4n) is 2.00. The van der Waals surface area contributed by atoms with Crippen LogP contribution in [-0.2, 0) is 23.8 Å². The third-order valence-corrected chi connectivity index (χ3v) is 3.11. The van der Waals surface area contributed by atoms with Crippen LogP contribution in [-0.4, -0.2) is 49.4 Å². The zero-order chi connectivity index (χ0) is 17.7. The van der Waals surface area contributed by atoms with Crippen LogP contribution < -0.4 is 5.32 Å². The van der Waals surface area contributed by atoms with E-state index in [4.69, 9.17) is 0 Å². The molecule has 0 aliphatic heterocycles. The Labute approximate surface area is 136 Å². The number of aromatic amines is 1. The van der Waals surface area contributed by atoms with E-state index in [1.54, 1.807) is 18.2 Å². The normalized spacial score (nSPS) is 11.0. The fraction of sp³-hybridized carbons (Fsp3) is 0.200. The number of benzene rings is 1. The van der Waals surface area contributed by atoms with Crippen LogP contribution in [0, 0.1) is 0 Å². The highest BCUT2D eigenvalue weighted by atomic mass is 16.5. The summed E-state index contributed by atoms with van der Waals surface area (Å²) in [6.45, 7) is 0. The van der Waals surface area contributed by atoms with Crippen molar-refractivity contribution in [2.24, 2.45) is 0 Å². The molecule has 24 heavy (non-hydrogen) atoms. The van der Waals surface area contributed by atoms with E-state index in [1.807, 2.05) is 0 Å². The van der Waals surface area contributed by atoms with Crippen molar-refractivity contribution in [3.05, 3.63) is 35.7 Å². The first-order valence-corrected chi connectivity index (χ1v) is 6.72. The number of anilines is 1. The van der Waals surface area contributed by atoms with Crippen molar-refractivity contribution < 1.29 is 28.6 Å². The largest absolute Gasteiger partial charge is 0.466 e. The van der Waals surface area contributed by atoms with Crippen LogP contribution >= 0.6 is 0 Å². The highest BCUT2D eigenvalue weighted by Gasteiger charge is 2.20. The second-order valence-corrected chi connectivity index (χ2v) is 4.49. The van der Waals surface area contributed by atoms with E-state index in [1.165, 1.54) is 21.3 Å². The maximum atomic E-state index is 11.8. The zero-order valence-electron chi connectivity index (χ0n) is 13.2. The smallest absolute Gasteiger partial charge is 0.359 e. The van der Waals surface area contributed by atoms with E-state index in [0.29, 0.717) is 16.6 Å². The fourth-order valence-corrected chi connectivity index (χ4v) is 2.00. The Morgan fingerprint density at radius 3 is 2.50 bits per heavy atom. The highest BCUT2D eigenvalue weighted by molar-refractivity contribution is 6.09. The molecule has 0 radical (unpaired) electrons. The second-order valence-electron chi connectivity index (χ2n) is 4.49. The van der Waals surface area contributed by atoms with Crippen molar-refractivity contribution in [1.82, 2.24) is 10.2 Å². The summed E-state index contributed by atoms with van der Waals surface area (Å²) in [5.41, 5.74) is 0.789. The molecule has 2 rings (SSSR count). The number of esters is 3. The summed E-state index contributed by atoms with van der Waals surface area (Å²) in [6, 6.07) is 4.98. The Bertz CT molecular complexity index is 824. The number of aromatic nitrogens is 2. The van der Waals surface area contributed by atoms with Gasteiger partial charge in [0.25, 0.3) is 0 Å². The molecule has 1 aromatic carbocycles. The molecule has 0 aliphatic rings. The summed E-state index contributed by atoms with van der Waals surface area (Å²) in [7, 11) is 3.59. The Morgan fingerprint density at radius 2 is 1.88 bits per heavy atom. The summed E-state index contributed by atoms with van der Waals surface area (Å²) in [5, 5.41) is 9.77. The van der Waals surface area contributed by atoms with E-state index in [9.17, 15) is 14.4 Å². The van der Waals surface area contributed by atoms with E-state index in [-0.39, 0.29) is 11.4 Å². The van der Waals surface area contributed by atoms with Gasteiger partial charge in [0.05, 0.1) is 44.0 Å². The van der Waals surface area contributed by atoms with Gasteiger partial charge < -0.3 is 19.5 Å². The average Bonchev–Trinajstić information content (AvgIpc) is 3.04. The highest BCUT2D eigenvalue weighted by Crippen LogP contribution is 2.27. The first-order chi connectivity index (χ1) is 11.5. The standard InChI is InChI=1S/C15H15N3O6/c1-22-11(19)7-10(14(20)23-2)16-8-5-4-6-9-12(8)13(18-17-9)15(21)24-3/h4-7,16H,1-3H3,(H,17,18)/b10-7+. The molecule has 0 saturated heterocycles. The van der Waals surface area contributed by atoms with E-state index < -0.39 is 17.9 Å². The van der Waals surface area contributed by atoms with Crippen LogP contribution in [0.5, 0.6) is 0 Å². The lowest BCUT2D eigenvalue weighted by molar-refractivity contribution is -0.138. The predicted molar refractivity (Wildman–Crippen MR) is 83.2 cm³/mol. The molecule has 1 aromatic heterocycles. The summed E-state index contributed by atoms with van der Waals surface area (Å²) < 4.78 is 13.8. The third kappa shape index (κ3) is 3.35. The monoisotopic (exact) mass is 333 g/mol. The molecular weight excluding hydrogens is 318 g/mol. The van der Waals surface area contributed by atoms with Gasteiger partial charge in [-0.15, -0.1) is 0 Å². The topological polar surface area (TPSA) is 120 Å².